The summed E-state index contributed by atoms with van der Waals surface area (Å²) in [5.41, 5.74) is -0.491. The molecular weight excluding hydrogens is 452 g/mol. The molecule has 2 fully saturated rings. The monoisotopic (exact) mass is 474 g/mol. The average molecular weight is 474 g/mol. The zero-order valence-electron chi connectivity index (χ0n) is 17.5. The largest absolute Gasteiger partial charge is 0.382 e. The third-order valence-corrected chi connectivity index (χ3v) is 7.37. The molecule has 33 heavy (non-hydrogen) atoms. The van der Waals surface area contributed by atoms with Crippen LogP contribution in [0.15, 0.2) is 36.9 Å². The molecule has 2 aromatic heterocycles. The van der Waals surface area contributed by atoms with Crippen LogP contribution in [-0.4, -0.2) is 61.6 Å². The summed E-state index contributed by atoms with van der Waals surface area (Å²) in [6, 6.07) is 8.32. The summed E-state index contributed by atoms with van der Waals surface area (Å²) in [5.74, 6) is 0.539. The third kappa shape index (κ3) is 2.94. The fraction of sp³-hybridized carbons (Fsp3) is 0.450. The van der Waals surface area contributed by atoms with E-state index >= 15 is 0 Å². The van der Waals surface area contributed by atoms with Gasteiger partial charge in [-0.25, -0.2) is 24.3 Å². The fourth-order valence-electron chi connectivity index (χ4n) is 5.14. The highest BCUT2D eigenvalue weighted by molar-refractivity contribution is 7.84. The number of nitrogens with one attached hydrogen (secondary N) is 1. The first kappa shape index (κ1) is 20.9. The molecule has 3 aliphatic rings. The molecule has 1 aromatic carbocycles. The van der Waals surface area contributed by atoms with Gasteiger partial charge in [0.1, 0.15) is 24.1 Å². The van der Waals surface area contributed by atoms with Gasteiger partial charge in [0.05, 0.1) is 12.4 Å². The summed E-state index contributed by atoms with van der Waals surface area (Å²) in [6.45, 7) is 1.34. The lowest BCUT2D eigenvalue weighted by molar-refractivity contribution is -0.153. The Bertz CT molecular complexity index is 1380. The maximum atomic E-state index is 11.3. The van der Waals surface area contributed by atoms with Gasteiger partial charge < -0.3 is 20.3 Å². The summed E-state index contributed by atoms with van der Waals surface area (Å²) in [6.07, 6.45) is 1.24. The molecule has 6 rings (SSSR count). The van der Waals surface area contributed by atoms with Crippen LogP contribution in [0, 0.1) is 0 Å². The molecule has 0 bridgehead atoms. The molecule has 6 atom stereocenters. The number of aromatic nitrogens is 4. The second-order valence-corrected chi connectivity index (χ2v) is 10.1. The van der Waals surface area contributed by atoms with Crippen molar-refractivity contribution in [1.82, 2.24) is 19.5 Å². The van der Waals surface area contributed by atoms with Crippen LogP contribution in [0.3, 0.4) is 0 Å². The number of rotatable bonds is 5. The third-order valence-electron chi connectivity index (χ3n) is 6.89. The quantitative estimate of drug-likeness (QED) is 0.391. The van der Waals surface area contributed by atoms with Crippen molar-refractivity contribution in [3.8, 4) is 0 Å². The number of nitrogens with two attached hydrogens (primary N) is 1. The van der Waals surface area contributed by atoms with Crippen molar-refractivity contribution >= 4 is 27.3 Å². The second-order valence-electron chi connectivity index (χ2n) is 8.87. The number of imidazole rings is 1. The minimum atomic E-state index is -4.33. The van der Waals surface area contributed by atoms with Crippen LogP contribution in [0.2, 0.25) is 0 Å². The van der Waals surface area contributed by atoms with Crippen LogP contribution in [-0.2, 0) is 25.6 Å². The molecule has 1 aliphatic heterocycles. The number of fused-ring (bicyclic) bond motifs is 3. The molecular formula is C20H22N6O6S. The van der Waals surface area contributed by atoms with Crippen LogP contribution in [0.1, 0.15) is 36.7 Å². The lowest BCUT2D eigenvalue weighted by Crippen LogP contribution is -2.49. The predicted octanol–water partition coefficient (Wildman–Crippen LogP) is -0.0925. The number of benzene rings is 1. The topological polar surface area (TPSA) is 175 Å². The summed E-state index contributed by atoms with van der Waals surface area (Å²) in [4.78, 5) is 13.1. The highest BCUT2D eigenvalue weighted by atomic mass is 32.2. The molecule has 12 nitrogen and oxygen atoms in total. The van der Waals surface area contributed by atoms with Crippen LogP contribution < -0.4 is 10.5 Å². The van der Waals surface area contributed by atoms with Crippen molar-refractivity contribution in [3.05, 3.63) is 48.0 Å². The van der Waals surface area contributed by atoms with E-state index in [-0.39, 0.29) is 6.04 Å². The van der Waals surface area contributed by atoms with Gasteiger partial charge in [-0.15, -0.1) is 0 Å². The van der Waals surface area contributed by atoms with Gasteiger partial charge in [-0.05, 0) is 30.9 Å². The predicted molar refractivity (Wildman–Crippen MR) is 114 cm³/mol. The van der Waals surface area contributed by atoms with Gasteiger partial charge in [-0.1, -0.05) is 24.3 Å². The molecule has 1 saturated carbocycles. The molecule has 174 valence electrons. The summed E-state index contributed by atoms with van der Waals surface area (Å²) >= 11 is 0. The zero-order chi connectivity index (χ0) is 23.2. The summed E-state index contributed by atoms with van der Waals surface area (Å²) in [7, 11) is -4.33. The van der Waals surface area contributed by atoms with E-state index < -0.39 is 39.9 Å². The normalized spacial score (nSPS) is 34.9. The summed E-state index contributed by atoms with van der Waals surface area (Å²) in [5, 5.41) is 30.4. The average Bonchev–Trinajstić information content (AvgIpc) is 3.14. The van der Waals surface area contributed by atoms with Gasteiger partial charge in [0.2, 0.25) is 0 Å². The standard InChI is InChI=1S/C20H22N6O6S/c1-19(27)18(31-14-15(20(14,19)28)32-33(21,29)30)26-9-24-13-16(22-8-23-17(13)26)25-12-7-6-10-4-2-3-5-11(10)12/h2-5,8-9,12,14-15,18,27-28H,6-7H2,1H3,(H2,21,29,30)(H,22,23,25)/t12-,14+,15?,18+,19-,20-/m0/s1. The van der Waals surface area contributed by atoms with Gasteiger partial charge >= 0.3 is 10.3 Å². The molecule has 5 N–H and O–H groups in total. The molecule has 2 aliphatic carbocycles. The van der Waals surface area contributed by atoms with E-state index in [1.54, 1.807) is 0 Å². The van der Waals surface area contributed by atoms with Crippen molar-refractivity contribution in [2.75, 3.05) is 5.32 Å². The first-order valence-electron chi connectivity index (χ1n) is 10.4. The number of hydrogen-bond acceptors (Lipinski definition) is 10. The van der Waals surface area contributed by atoms with Gasteiger partial charge in [-0.2, -0.15) is 8.42 Å². The Morgan fingerprint density at radius 2 is 2.06 bits per heavy atom. The van der Waals surface area contributed by atoms with Crippen molar-refractivity contribution in [2.24, 2.45) is 5.14 Å². The van der Waals surface area contributed by atoms with Crippen molar-refractivity contribution < 1.29 is 27.6 Å². The SMILES string of the molecule is C[C@]1(O)[C@H](n2cnc3c(N[C@H]4CCc5ccccc54)ncnc32)O[C@@H]2C(OS(N)(=O)=O)[C@@]21O. The molecule has 0 spiro atoms. The van der Waals surface area contributed by atoms with Crippen molar-refractivity contribution in [1.29, 1.82) is 0 Å². The molecule has 1 saturated heterocycles. The van der Waals surface area contributed by atoms with Crippen molar-refractivity contribution in [2.45, 2.75) is 55.4 Å². The number of nitrogens with zero attached hydrogens (tertiary/aromatic N) is 4. The van der Waals surface area contributed by atoms with Crippen LogP contribution >= 0.6 is 0 Å². The van der Waals surface area contributed by atoms with E-state index in [1.165, 1.54) is 35.3 Å². The van der Waals surface area contributed by atoms with E-state index in [4.69, 9.17) is 9.88 Å². The van der Waals surface area contributed by atoms with Gasteiger partial charge in [0.15, 0.2) is 28.8 Å². The number of aliphatic hydroxyl groups is 2. The molecule has 1 unspecified atom stereocenters. The lowest BCUT2D eigenvalue weighted by atomic mass is 9.95. The minimum absolute atomic E-state index is 0.0831. The number of ether oxygens (including phenoxy) is 1. The Morgan fingerprint density at radius 1 is 1.27 bits per heavy atom. The lowest BCUT2D eigenvalue weighted by Gasteiger charge is -2.32. The van der Waals surface area contributed by atoms with Crippen LogP contribution in [0.25, 0.3) is 11.2 Å². The highest BCUT2D eigenvalue weighted by Gasteiger charge is 2.84. The first-order valence-corrected chi connectivity index (χ1v) is 11.9. The molecule has 3 heterocycles. The van der Waals surface area contributed by atoms with Gasteiger partial charge in [-0.3, -0.25) is 4.57 Å². The molecule has 3 aromatic rings. The molecule has 0 amide bonds. The first-order chi connectivity index (χ1) is 15.6. The maximum absolute atomic E-state index is 11.3. The Hall–Kier alpha value is -2.68. The Morgan fingerprint density at radius 3 is 2.79 bits per heavy atom. The van der Waals surface area contributed by atoms with E-state index in [2.05, 4.69) is 36.6 Å². The molecule has 0 radical (unpaired) electrons. The smallest absolute Gasteiger partial charge is 0.333 e. The Kier molecular flexibility index (Phi) is 4.23. The maximum Gasteiger partial charge on any atom is 0.333 e. The van der Waals surface area contributed by atoms with Crippen LogP contribution in [0.5, 0.6) is 0 Å². The van der Waals surface area contributed by atoms with E-state index in [1.807, 2.05) is 12.1 Å². The van der Waals surface area contributed by atoms with Crippen LogP contribution in [0.4, 0.5) is 5.82 Å². The minimum Gasteiger partial charge on any atom is -0.382 e. The number of anilines is 1. The second kappa shape index (κ2) is 6.68. The fourth-order valence-corrected chi connectivity index (χ4v) is 5.68. The highest BCUT2D eigenvalue weighted by Crippen LogP contribution is 2.61. The van der Waals surface area contributed by atoms with Gasteiger partial charge in [0, 0.05) is 0 Å². The van der Waals surface area contributed by atoms with E-state index in [0.29, 0.717) is 17.0 Å². The van der Waals surface area contributed by atoms with E-state index in [9.17, 15) is 18.6 Å². The zero-order valence-corrected chi connectivity index (χ0v) is 18.3. The van der Waals surface area contributed by atoms with Crippen molar-refractivity contribution in [3.63, 3.8) is 0 Å². The summed E-state index contributed by atoms with van der Waals surface area (Å²) < 4.78 is 34.5. The molecule has 13 heteroatoms. The number of hydrogen-bond donors (Lipinski definition) is 4. The number of aryl methyl sites for hydroxylation is 1. The van der Waals surface area contributed by atoms with E-state index in [0.717, 1.165) is 12.8 Å². The Balaban J connectivity index is 1.30. The Labute approximate surface area is 188 Å². The van der Waals surface area contributed by atoms with Gasteiger partial charge in [0.25, 0.3) is 0 Å².